The first kappa shape index (κ1) is 30.5. The number of benzene rings is 2. The van der Waals surface area contributed by atoms with Crippen LogP contribution in [0.3, 0.4) is 0 Å². The van der Waals surface area contributed by atoms with E-state index in [4.69, 9.17) is 9.26 Å². The van der Waals surface area contributed by atoms with Crippen molar-refractivity contribution in [2.24, 2.45) is 11.8 Å². The highest BCUT2D eigenvalue weighted by Crippen LogP contribution is 2.52. The van der Waals surface area contributed by atoms with Crippen LogP contribution in [0.25, 0.3) is 21.5 Å². The fourth-order valence-electron chi connectivity index (χ4n) is 6.79. The summed E-state index contributed by atoms with van der Waals surface area (Å²) in [6, 6.07) is 9.10. The molecule has 3 aliphatic rings. The summed E-state index contributed by atoms with van der Waals surface area (Å²) in [6.07, 6.45) is 1.21. The quantitative estimate of drug-likeness (QED) is 0.134. The van der Waals surface area contributed by atoms with Gasteiger partial charge in [0.05, 0.1) is 16.9 Å². The van der Waals surface area contributed by atoms with Crippen molar-refractivity contribution >= 4 is 39.3 Å². The lowest BCUT2D eigenvalue weighted by Crippen LogP contribution is -2.39. The number of hydrogen-bond donors (Lipinski definition) is 1. The molecule has 3 saturated carbocycles. The van der Waals surface area contributed by atoms with E-state index in [-0.39, 0.29) is 41.0 Å². The van der Waals surface area contributed by atoms with Crippen molar-refractivity contribution < 1.29 is 36.4 Å². The van der Waals surface area contributed by atoms with E-state index in [1.165, 1.54) is 29.5 Å². The Balaban J connectivity index is 1.05. The van der Waals surface area contributed by atoms with Crippen LogP contribution in [0.1, 0.15) is 73.0 Å². The number of nitrogens with one attached hydrogen (secondary N) is 1. The summed E-state index contributed by atoms with van der Waals surface area (Å²) >= 11 is 3.11. The number of ether oxygens (including phenoxy) is 2. The van der Waals surface area contributed by atoms with Crippen LogP contribution in [0.15, 0.2) is 45.3 Å². The number of carbonyl (C=O) groups excluding carboxylic acids is 1. The Kier molecular flexibility index (Phi) is 8.28. The molecule has 7 nitrogen and oxygen atoms in total. The summed E-state index contributed by atoms with van der Waals surface area (Å²) in [4.78, 5) is 16.7. The van der Waals surface area contributed by atoms with Crippen LogP contribution in [0, 0.1) is 17.7 Å². The summed E-state index contributed by atoms with van der Waals surface area (Å²) in [5.74, 6) is 0.485. The average molecular weight is 662 g/mol. The molecule has 238 valence electrons. The molecule has 1 N–H and O–H groups in total. The summed E-state index contributed by atoms with van der Waals surface area (Å²) in [5.41, 5.74) is 1.88. The van der Waals surface area contributed by atoms with Gasteiger partial charge >= 0.3 is 12.3 Å². The number of para-hydroxylation sites is 1. The molecule has 2 heterocycles. The Labute approximate surface area is 265 Å². The Bertz CT molecular complexity index is 1710. The SMILES string of the molecule is CCOC(=O)c1cc(F)c2nc(S[C@@H]3[C@@H]4CC[C@H]3C[C@@H](NCc3c(-c5ccccc5OC(F)(F)F)noc3C3CC3)C4)sc2c1. The zero-order valence-corrected chi connectivity index (χ0v) is 26.0. The fraction of sp³-hybridized carbons (Fsp3) is 0.469. The van der Waals surface area contributed by atoms with Gasteiger partial charge in [0, 0.05) is 34.9 Å². The number of aromatic nitrogens is 2. The highest BCUT2D eigenvalue weighted by molar-refractivity contribution is 8.01. The summed E-state index contributed by atoms with van der Waals surface area (Å²) in [6.45, 7) is 2.36. The van der Waals surface area contributed by atoms with Crippen LogP contribution in [-0.4, -0.2) is 40.4 Å². The van der Waals surface area contributed by atoms with E-state index in [0.717, 1.165) is 54.2 Å². The second kappa shape index (κ2) is 12.2. The first-order valence-electron chi connectivity index (χ1n) is 15.2. The van der Waals surface area contributed by atoms with E-state index in [0.29, 0.717) is 34.0 Å². The highest BCUT2D eigenvalue weighted by atomic mass is 32.2. The van der Waals surface area contributed by atoms with Crippen LogP contribution < -0.4 is 10.1 Å². The number of rotatable bonds is 10. The molecule has 0 saturated heterocycles. The Morgan fingerprint density at radius 1 is 1.13 bits per heavy atom. The molecular formula is C32H31F4N3O4S2. The second-order valence-electron chi connectivity index (χ2n) is 11.9. The average Bonchev–Trinajstić information content (AvgIpc) is 3.55. The van der Waals surface area contributed by atoms with Crippen LogP contribution in [-0.2, 0) is 11.3 Å². The van der Waals surface area contributed by atoms with Gasteiger partial charge in [0.25, 0.3) is 0 Å². The molecule has 2 aromatic carbocycles. The number of thioether (sulfide) groups is 1. The molecule has 0 aliphatic heterocycles. The van der Waals surface area contributed by atoms with Crippen molar-refractivity contribution in [1.82, 2.24) is 15.5 Å². The minimum Gasteiger partial charge on any atom is -0.462 e. The summed E-state index contributed by atoms with van der Waals surface area (Å²) in [5, 5.41) is 8.27. The molecule has 13 heteroatoms. The van der Waals surface area contributed by atoms with Crippen LogP contribution in [0.4, 0.5) is 17.6 Å². The van der Waals surface area contributed by atoms with Gasteiger partial charge in [-0.25, -0.2) is 14.2 Å². The minimum absolute atomic E-state index is 0.186. The molecule has 0 unspecified atom stereocenters. The lowest BCUT2D eigenvalue weighted by Gasteiger charge is -2.35. The van der Waals surface area contributed by atoms with Crippen molar-refractivity contribution in [2.45, 2.75) is 79.9 Å². The van der Waals surface area contributed by atoms with Gasteiger partial charge in [0.15, 0.2) is 10.2 Å². The molecular weight excluding hydrogens is 630 g/mol. The highest BCUT2D eigenvalue weighted by Gasteiger charge is 2.44. The van der Waals surface area contributed by atoms with E-state index < -0.39 is 18.1 Å². The zero-order valence-electron chi connectivity index (χ0n) is 24.4. The molecule has 0 amide bonds. The summed E-state index contributed by atoms with van der Waals surface area (Å²) < 4.78 is 70.7. The molecule has 2 bridgehead atoms. The zero-order chi connectivity index (χ0) is 31.3. The third-order valence-corrected chi connectivity index (χ3v) is 11.6. The van der Waals surface area contributed by atoms with Crippen LogP contribution >= 0.6 is 23.1 Å². The first-order valence-corrected chi connectivity index (χ1v) is 16.9. The molecule has 3 aliphatic carbocycles. The maximum Gasteiger partial charge on any atom is 0.573 e. The van der Waals surface area contributed by atoms with Gasteiger partial charge in [-0.05, 0) is 81.5 Å². The lowest BCUT2D eigenvalue weighted by molar-refractivity contribution is -0.274. The molecule has 45 heavy (non-hydrogen) atoms. The molecule has 7 rings (SSSR count). The third kappa shape index (κ3) is 6.44. The third-order valence-electron chi connectivity index (χ3n) is 8.89. The van der Waals surface area contributed by atoms with Crippen LogP contribution in [0.2, 0.25) is 0 Å². The lowest BCUT2D eigenvalue weighted by atomic mass is 9.84. The van der Waals surface area contributed by atoms with Crippen molar-refractivity contribution in [1.29, 1.82) is 0 Å². The first-order chi connectivity index (χ1) is 21.7. The number of fused-ring (bicyclic) bond motifs is 3. The largest absolute Gasteiger partial charge is 0.573 e. The van der Waals surface area contributed by atoms with Gasteiger partial charge in [-0.15, -0.1) is 24.5 Å². The van der Waals surface area contributed by atoms with Crippen molar-refractivity contribution in [3.8, 4) is 17.0 Å². The monoisotopic (exact) mass is 661 g/mol. The van der Waals surface area contributed by atoms with Gasteiger partial charge in [0.2, 0.25) is 0 Å². The Morgan fingerprint density at radius 2 is 1.89 bits per heavy atom. The fourth-order valence-corrected chi connectivity index (χ4v) is 9.59. The van der Waals surface area contributed by atoms with Gasteiger partial charge in [-0.3, -0.25) is 0 Å². The number of thiazole rings is 1. The maximum atomic E-state index is 14.8. The second-order valence-corrected chi connectivity index (χ2v) is 14.4. The minimum atomic E-state index is -4.82. The number of halogens is 4. The molecule has 2 aromatic heterocycles. The van der Waals surface area contributed by atoms with E-state index in [9.17, 15) is 22.4 Å². The number of hydrogen-bond acceptors (Lipinski definition) is 9. The van der Waals surface area contributed by atoms with E-state index in [2.05, 4.69) is 20.2 Å². The topological polar surface area (TPSA) is 86.5 Å². The predicted molar refractivity (Wildman–Crippen MR) is 162 cm³/mol. The smallest absolute Gasteiger partial charge is 0.462 e. The van der Waals surface area contributed by atoms with Crippen molar-refractivity contribution in [3.05, 3.63) is 59.1 Å². The molecule has 4 atom stereocenters. The van der Waals surface area contributed by atoms with E-state index in [1.807, 2.05) is 0 Å². The van der Waals surface area contributed by atoms with Crippen molar-refractivity contribution in [2.75, 3.05) is 6.61 Å². The van der Waals surface area contributed by atoms with E-state index in [1.54, 1.807) is 36.9 Å². The van der Waals surface area contributed by atoms with Crippen LogP contribution in [0.5, 0.6) is 5.75 Å². The molecule has 0 radical (unpaired) electrons. The molecule has 0 spiro atoms. The maximum absolute atomic E-state index is 14.8. The van der Waals surface area contributed by atoms with Gasteiger partial charge in [0.1, 0.15) is 22.7 Å². The Morgan fingerprint density at radius 3 is 2.60 bits per heavy atom. The number of alkyl halides is 3. The molecule has 4 aromatic rings. The van der Waals surface area contributed by atoms with Gasteiger partial charge in [-0.1, -0.05) is 29.1 Å². The van der Waals surface area contributed by atoms with Gasteiger partial charge < -0.3 is 19.3 Å². The van der Waals surface area contributed by atoms with Crippen molar-refractivity contribution in [3.63, 3.8) is 0 Å². The number of nitrogens with zero attached hydrogens (tertiary/aromatic N) is 2. The molecule has 3 fully saturated rings. The number of esters is 1. The van der Waals surface area contributed by atoms with E-state index >= 15 is 0 Å². The normalized spacial score (nSPS) is 23.0. The summed E-state index contributed by atoms with van der Waals surface area (Å²) in [7, 11) is 0. The van der Waals surface area contributed by atoms with Gasteiger partial charge in [-0.2, -0.15) is 0 Å². The number of carbonyl (C=O) groups is 1. The Hall–Kier alpha value is -3.16. The predicted octanol–water partition coefficient (Wildman–Crippen LogP) is 8.48. The standard InChI is InChI=1S/C32H31F4N3O4S2/c1-2-41-30(40)19-13-23(33)27-25(14-19)44-31(38-27)45-29-17-9-10-18(29)12-20(11-17)37-15-22-26(39-43-28(22)16-7-8-16)21-5-3-4-6-24(21)42-32(34,35)36/h3-6,13-14,16-18,20,29,37H,2,7-12,15H2,1H3/t17-,18+,20+,29-.